The summed E-state index contributed by atoms with van der Waals surface area (Å²) in [5.41, 5.74) is -6.47. The summed E-state index contributed by atoms with van der Waals surface area (Å²) < 4.78 is 57.0. The van der Waals surface area contributed by atoms with Gasteiger partial charge in [0, 0.05) is 29.1 Å². The third-order valence-electron chi connectivity index (χ3n) is 9.22. The molecular formula is C25H31F3O5S. The maximum absolute atomic E-state index is 17.2. The summed E-state index contributed by atoms with van der Waals surface area (Å²) in [6, 6.07) is 0. The third kappa shape index (κ3) is 2.98. The first-order valence-corrected chi connectivity index (χ1v) is 12.2. The summed E-state index contributed by atoms with van der Waals surface area (Å²) in [5.74, 6) is -3.00. The minimum Gasteiger partial charge on any atom is -0.452 e. The highest BCUT2D eigenvalue weighted by molar-refractivity contribution is 7.80. The van der Waals surface area contributed by atoms with Gasteiger partial charge in [-0.3, -0.25) is 9.59 Å². The van der Waals surface area contributed by atoms with E-state index < -0.39 is 70.7 Å². The summed E-state index contributed by atoms with van der Waals surface area (Å²) in [6.07, 6.45) is 0.499. The predicted molar refractivity (Wildman–Crippen MR) is 122 cm³/mol. The second kappa shape index (κ2) is 8.15. The Morgan fingerprint density at radius 2 is 1.97 bits per heavy atom. The van der Waals surface area contributed by atoms with Crippen molar-refractivity contribution in [3.8, 4) is 0 Å². The number of alkyl halides is 3. The predicted octanol–water partition coefficient (Wildman–Crippen LogP) is 4.51. The fourth-order valence-corrected chi connectivity index (χ4v) is 8.15. The van der Waals surface area contributed by atoms with Crippen LogP contribution in [0.3, 0.4) is 0 Å². The van der Waals surface area contributed by atoms with Gasteiger partial charge in [0.1, 0.15) is 6.17 Å². The molecule has 0 saturated heterocycles. The molecule has 4 rings (SSSR count). The molecule has 9 atom stereocenters. The molecule has 0 unspecified atom stereocenters. The second-order valence-electron chi connectivity index (χ2n) is 10.6. The Balaban J connectivity index is 1.87. The Bertz CT molecular complexity index is 984. The fourth-order valence-electron chi connectivity index (χ4n) is 7.63. The molecule has 9 heteroatoms. The normalized spacial score (nSPS) is 47.2. The fraction of sp³-hybridized carbons (Fsp3) is 0.720. The molecule has 0 bridgehead atoms. The summed E-state index contributed by atoms with van der Waals surface area (Å²) in [7, 11) is 0. The van der Waals surface area contributed by atoms with Gasteiger partial charge in [0.2, 0.25) is 11.9 Å². The van der Waals surface area contributed by atoms with Crippen LogP contribution >= 0.6 is 12.2 Å². The first kappa shape index (κ1) is 25.4. The Morgan fingerprint density at radius 1 is 1.29 bits per heavy atom. The van der Waals surface area contributed by atoms with Crippen molar-refractivity contribution < 1.29 is 37.3 Å². The molecule has 1 N–H and O–H groups in total. The largest absolute Gasteiger partial charge is 0.452 e. The maximum Gasteiger partial charge on any atom is 0.306 e. The van der Waals surface area contributed by atoms with Crippen molar-refractivity contribution in [2.45, 2.75) is 76.9 Å². The summed E-state index contributed by atoms with van der Waals surface area (Å²) in [4.78, 5) is 24.5. The molecule has 0 aromatic heterocycles. The molecule has 5 nitrogen and oxygen atoms in total. The van der Waals surface area contributed by atoms with Crippen LogP contribution in [0.2, 0.25) is 0 Å². The highest BCUT2D eigenvalue weighted by Gasteiger charge is 2.77. The number of rotatable bonds is 4. The topological polar surface area (TPSA) is 72.8 Å². The van der Waals surface area contributed by atoms with Gasteiger partial charge >= 0.3 is 5.97 Å². The minimum absolute atomic E-state index is 0.0318. The van der Waals surface area contributed by atoms with Gasteiger partial charge in [0.15, 0.2) is 17.1 Å². The number of fused-ring (bicyclic) bond motifs is 5. The number of hydrogen-bond donors (Lipinski definition) is 1. The van der Waals surface area contributed by atoms with E-state index in [0.717, 1.165) is 6.08 Å². The smallest absolute Gasteiger partial charge is 0.306 e. The van der Waals surface area contributed by atoms with E-state index in [0.29, 0.717) is 6.42 Å². The number of aliphatic hydroxyl groups excluding tert-OH is 1. The van der Waals surface area contributed by atoms with E-state index in [1.165, 1.54) is 19.1 Å². The van der Waals surface area contributed by atoms with E-state index >= 15 is 8.78 Å². The molecule has 0 amide bonds. The van der Waals surface area contributed by atoms with Crippen molar-refractivity contribution in [1.82, 2.24) is 0 Å². The Kier molecular flexibility index (Phi) is 6.08. The molecule has 0 radical (unpaired) electrons. The number of ether oxygens (including phenoxy) is 2. The van der Waals surface area contributed by atoms with Gasteiger partial charge in [-0.1, -0.05) is 26.8 Å². The molecule has 3 fully saturated rings. The average molecular weight is 501 g/mol. The van der Waals surface area contributed by atoms with Crippen LogP contribution in [0.5, 0.6) is 0 Å². The van der Waals surface area contributed by atoms with Crippen molar-refractivity contribution in [3.05, 3.63) is 23.8 Å². The van der Waals surface area contributed by atoms with Crippen molar-refractivity contribution in [1.29, 1.82) is 0 Å². The van der Waals surface area contributed by atoms with Crippen LogP contribution in [-0.4, -0.2) is 52.3 Å². The molecule has 0 aromatic rings. The van der Waals surface area contributed by atoms with Gasteiger partial charge in [0.25, 0.3) is 0 Å². The van der Waals surface area contributed by atoms with Gasteiger partial charge in [-0.2, -0.15) is 0 Å². The molecular weight excluding hydrogens is 469 g/mol. The summed E-state index contributed by atoms with van der Waals surface area (Å²) in [5, 5.41) is 11.2. The molecule has 3 saturated carbocycles. The number of thiocarbonyl (C=S) groups is 1. The maximum atomic E-state index is 17.2. The van der Waals surface area contributed by atoms with Crippen molar-refractivity contribution >= 4 is 29.0 Å². The quantitative estimate of drug-likeness (QED) is 0.452. The molecule has 188 valence electrons. The second-order valence-corrected chi connectivity index (χ2v) is 11.0. The van der Waals surface area contributed by atoms with E-state index in [4.69, 9.17) is 21.7 Å². The number of carbonyl (C=O) groups is 2. The van der Waals surface area contributed by atoms with E-state index in [9.17, 15) is 19.1 Å². The highest BCUT2D eigenvalue weighted by Crippen LogP contribution is 2.71. The summed E-state index contributed by atoms with van der Waals surface area (Å²) in [6.45, 7) is 5.41. The van der Waals surface area contributed by atoms with Gasteiger partial charge in [0.05, 0.1) is 6.10 Å². The zero-order chi connectivity index (χ0) is 25.3. The molecule has 34 heavy (non-hydrogen) atoms. The number of ketones is 1. The van der Waals surface area contributed by atoms with E-state index in [2.05, 4.69) is 0 Å². The van der Waals surface area contributed by atoms with Crippen LogP contribution in [0.4, 0.5) is 13.2 Å². The van der Waals surface area contributed by atoms with Gasteiger partial charge in [-0.15, -0.1) is 0 Å². The monoisotopic (exact) mass is 500 g/mol. The standard InChI is InChI=1S/C25H31F3O5S/c1-5-20(31)33-25(21(34)32-12-26)13(2)8-15-16-10-18(27)17-9-14(29)6-7-22(17,3)24(16,28)19(30)11-23(15,25)4/h6-7,9,13,15-16,18-19,30H,5,8,10-12H2,1-4H3/t13-,15+,16+,18+,19+,22+,23+,24+,25+/m1/s1. The molecule has 4 aliphatic rings. The van der Waals surface area contributed by atoms with E-state index in [1.54, 1.807) is 20.8 Å². The van der Waals surface area contributed by atoms with Gasteiger partial charge in [-0.25, -0.2) is 13.2 Å². The lowest BCUT2D eigenvalue weighted by molar-refractivity contribution is -0.222. The van der Waals surface area contributed by atoms with Crippen LogP contribution in [0.1, 0.15) is 53.4 Å². The molecule has 4 aliphatic carbocycles. The first-order chi connectivity index (χ1) is 15.8. The number of aliphatic hydroxyl groups is 1. The average Bonchev–Trinajstić information content (AvgIpc) is 2.99. The number of hydrogen-bond acceptors (Lipinski definition) is 6. The Hall–Kier alpha value is -1.74. The van der Waals surface area contributed by atoms with Crippen molar-refractivity contribution in [3.63, 3.8) is 0 Å². The van der Waals surface area contributed by atoms with Crippen LogP contribution in [0, 0.1) is 28.6 Å². The van der Waals surface area contributed by atoms with E-state index in [-0.39, 0.29) is 29.9 Å². The minimum atomic E-state index is -2.27. The van der Waals surface area contributed by atoms with Gasteiger partial charge in [-0.05, 0) is 62.0 Å². The first-order valence-electron chi connectivity index (χ1n) is 11.7. The lowest BCUT2D eigenvalue weighted by atomic mass is 9.44. The zero-order valence-corrected chi connectivity index (χ0v) is 20.6. The van der Waals surface area contributed by atoms with Crippen LogP contribution in [0.25, 0.3) is 0 Å². The number of halogens is 3. The summed E-state index contributed by atoms with van der Waals surface area (Å²) >= 11 is 5.43. The van der Waals surface area contributed by atoms with Crippen LogP contribution in [0.15, 0.2) is 23.8 Å². The number of allylic oxidation sites excluding steroid dienone is 4. The number of carbonyl (C=O) groups excluding carboxylic acids is 2. The molecule has 0 spiro atoms. The van der Waals surface area contributed by atoms with Crippen LogP contribution < -0.4 is 0 Å². The van der Waals surface area contributed by atoms with Gasteiger partial charge < -0.3 is 14.6 Å². The van der Waals surface area contributed by atoms with Crippen molar-refractivity contribution in [2.24, 2.45) is 28.6 Å². The lowest BCUT2D eigenvalue weighted by Gasteiger charge is -2.63. The molecule has 0 aromatic carbocycles. The number of esters is 1. The Labute approximate surface area is 202 Å². The SMILES string of the molecule is CCC(=O)O[C@]1(C(=S)OCF)[C@H](C)C[C@H]2[C@@H]3C[C@H](F)C4=CC(=O)C=C[C@]4(C)[C@@]3(F)[C@@H](O)C[C@@]21C. The van der Waals surface area contributed by atoms with E-state index in [1.807, 2.05) is 0 Å². The Morgan fingerprint density at radius 3 is 2.59 bits per heavy atom. The van der Waals surface area contributed by atoms with Crippen LogP contribution in [-0.2, 0) is 19.1 Å². The third-order valence-corrected chi connectivity index (χ3v) is 9.64. The molecule has 0 heterocycles. The zero-order valence-electron chi connectivity index (χ0n) is 19.8. The highest BCUT2D eigenvalue weighted by atomic mass is 32.1. The molecule has 0 aliphatic heterocycles. The van der Waals surface area contributed by atoms with Crippen molar-refractivity contribution in [2.75, 3.05) is 6.86 Å². The lowest BCUT2D eigenvalue weighted by Crippen LogP contribution is -2.71.